The number of fused-ring (bicyclic) bond motifs is 1. The van der Waals surface area contributed by atoms with E-state index in [1.807, 2.05) is 25.1 Å². The molecule has 0 aliphatic heterocycles. The van der Waals surface area contributed by atoms with Gasteiger partial charge in [-0.3, -0.25) is 0 Å². The molecule has 0 atom stereocenters. The molecule has 0 spiro atoms. The summed E-state index contributed by atoms with van der Waals surface area (Å²) in [7, 11) is 0. The Bertz CT molecular complexity index is 875. The summed E-state index contributed by atoms with van der Waals surface area (Å²) in [4.78, 5) is 4.27. The molecule has 0 saturated carbocycles. The zero-order valence-electron chi connectivity index (χ0n) is 12.1. The van der Waals surface area contributed by atoms with Crippen LogP contribution in [-0.2, 0) is 6.18 Å². The maximum atomic E-state index is 12.8. The summed E-state index contributed by atoms with van der Waals surface area (Å²) in [5.74, 6) is 0.541. The van der Waals surface area contributed by atoms with Crippen LogP contribution in [0.5, 0.6) is 0 Å². The highest BCUT2D eigenvalue weighted by Gasteiger charge is 2.30. The van der Waals surface area contributed by atoms with Crippen LogP contribution in [0.25, 0.3) is 10.8 Å². The van der Waals surface area contributed by atoms with Gasteiger partial charge >= 0.3 is 6.18 Å². The average molecular weight is 428 g/mol. The summed E-state index contributed by atoms with van der Waals surface area (Å²) in [6, 6.07) is 10.9. The van der Waals surface area contributed by atoms with Gasteiger partial charge in [0.2, 0.25) is 0 Å². The van der Waals surface area contributed by atoms with Crippen molar-refractivity contribution in [3.63, 3.8) is 0 Å². The lowest BCUT2D eigenvalue weighted by Gasteiger charge is -2.12. The number of aryl methyl sites for hydroxylation is 1. The van der Waals surface area contributed by atoms with Gasteiger partial charge in [-0.1, -0.05) is 18.2 Å². The molecule has 23 heavy (non-hydrogen) atoms. The van der Waals surface area contributed by atoms with E-state index in [0.29, 0.717) is 11.5 Å². The summed E-state index contributed by atoms with van der Waals surface area (Å²) in [5.41, 5.74) is 0.817. The number of hydrogen-bond donors (Lipinski definition) is 1. The minimum Gasteiger partial charge on any atom is -0.340 e. The van der Waals surface area contributed by atoms with Gasteiger partial charge in [-0.2, -0.15) is 13.2 Å². The molecule has 6 heteroatoms. The molecule has 1 heterocycles. The van der Waals surface area contributed by atoms with E-state index in [-0.39, 0.29) is 0 Å². The Balaban J connectivity index is 2.04. The number of alkyl halides is 3. The molecule has 0 saturated heterocycles. The van der Waals surface area contributed by atoms with Crippen molar-refractivity contribution in [2.45, 2.75) is 13.1 Å². The highest BCUT2D eigenvalue weighted by molar-refractivity contribution is 14.1. The molecule has 1 N–H and O–H groups in total. The predicted octanol–water partition coefficient (Wildman–Crippen LogP) is 5.91. The summed E-state index contributed by atoms with van der Waals surface area (Å²) >= 11 is 2.26. The Kier molecular flexibility index (Phi) is 4.18. The zero-order chi connectivity index (χ0) is 16.6. The maximum absolute atomic E-state index is 12.8. The number of hydrogen-bond acceptors (Lipinski definition) is 2. The van der Waals surface area contributed by atoms with Crippen molar-refractivity contribution in [3.8, 4) is 0 Å². The largest absolute Gasteiger partial charge is 0.416 e. The molecule has 3 aromatic rings. The van der Waals surface area contributed by atoms with Gasteiger partial charge in [0.15, 0.2) is 0 Å². The number of anilines is 2. The molecule has 2 nitrogen and oxygen atoms in total. The third kappa shape index (κ3) is 3.26. The van der Waals surface area contributed by atoms with Crippen molar-refractivity contribution < 1.29 is 13.2 Å². The van der Waals surface area contributed by atoms with Crippen LogP contribution in [-0.4, -0.2) is 4.98 Å². The maximum Gasteiger partial charge on any atom is 0.416 e. The fourth-order valence-corrected chi connectivity index (χ4v) is 2.99. The van der Waals surface area contributed by atoms with Gasteiger partial charge in [0.25, 0.3) is 0 Å². The molecule has 0 fully saturated rings. The summed E-state index contributed by atoms with van der Waals surface area (Å²) in [5, 5.41) is 4.89. The third-order valence-corrected chi connectivity index (χ3v) is 4.96. The fraction of sp³-hybridized carbons (Fsp3) is 0.118. The van der Waals surface area contributed by atoms with E-state index in [1.54, 1.807) is 12.3 Å². The molecule has 1 aromatic heterocycles. The van der Waals surface area contributed by atoms with Crippen LogP contribution in [0.15, 0.2) is 48.7 Å². The van der Waals surface area contributed by atoms with Gasteiger partial charge in [0, 0.05) is 26.2 Å². The van der Waals surface area contributed by atoms with Gasteiger partial charge in [0.1, 0.15) is 5.82 Å². The van der Waals surface area contributed by atoms with Crippen LogP contribution in [0.1, 0.15) is 11.1 Å². The molecule has 3 rings (SSSR count). The minimum absolute atomic E-state index is 0.357. The van der Waals surface area contributed by atoms with Gasteiger partial charge in [0.05, 0.1) is 5.56 Å². The average Bonchev–Trinajstić information content (AvgIpc) is 2.51. The Labute approximate surface area is 144 Å². The molecule has 118 valence electrons. The van der Waals surface area contributed by atoms with Gasteiger partial charge in [-0.05, 0) is 59.3 Å². The topological polar surface area (TPSA) is 24.9 Å². The summed E-state index contributed by atoms with van der Waals surface area (Å²) in [6.07, 6.45) is -2.71. The lowest BCUT2D eigenvalue weighted by molar-refractivity contribution is -0.137. The van der Waals surface area contributed by atoms with Crippen molar-refractivity contribution in [1.29, 1.82) is 0 Å². The second kappa shape index (κ2) is 5.99. The predicted molar refractivity (Wildman–Crippen MR) is 93.9 cm³/mol. The van der Waals surface area contributed by atoms with Crippen molar-refractivity contribution in [1.82, 2.24) is 4.98 Å². The number of nitrogens with zero attached hydrogens (tertiary/aromatic N) is 1. The smallest absolute Gasteiger partial charge is 0.340 e. The molecular formula is C17H12F3IN2. The number of rotatable bonds is 2. The fourth-order valence-electron chi connectivity index (χ4n) is 2.34. The highest BCUT2D eigenvalue weighted by atomic mass is 127. The van der Waals surface area contributed by atoms with Crippen LogP contribution in [0, 0.1) is 10.5 Å². The summed E-state index contributed by atoms with van der Waals surface area (Å²) < 4.78 is 39.5. The minimum atomic E-state index is -4.36. The number of aromatic nitrogens is 1. The van der Waals surface area contributed by atoms with Crippen LogP contribution in [0.4, 0.5) is 24.7 Å². The zero-order valence-corrected chi connectivity index (χ0v) is 14.2. The van der Waals surface area contributed by atoms with E-state index in [0.717, 1.165) is 32.0 Å². The van der Waals surface area contributed by atoms with Crippen molar-refractivity contribution >= 4 is 44.9 Å². The third-order valence-electron chi connectivity index (χ3n) is 3.53. The van der Waals surface area contributed by atoms with Crippen LogP contribution in [0.3, 0.4) is 0 Å². The lowest BCUT2D eigenvalue weighted by atomic mass is 10.1. The molecule has 0 aliphatic rings. The molecule has 0 amide bonds. The number of pyridine rings is 1. The van der Waals surface area contributed by atoms with E-state index >= 15 is 0 Å². The van der Waals surface area contributed by atoms with Gasteiger partial charge in [-0.25, -0.2) is 4.98 Å². The molecular weight excluding hydrogens is 416 g/mol. The van der Waals surface area contributed by atoms with Crippen molar-refractivity contribution in [3.05, 3.63) is 63.4 Å². The lowest BCUT2D eigenvalue weighted by Crippen LogP contribution is -2.05. The van der Waals surface area contributed by atoms with E-state index in [1.165, 1.54) is 6.07 Å². The van der Waals surface area contributed by atoms with Crippen molar-refractivity contribution in [2.75, 3.05) is 5.32 Å². The summed E-state index contributed by atoms with van der Waals surface area (Å²) in [6.45, 7) is 2.02. The van der Waals surface area contributed by atoms with Crippen LogP contribution >= 0.6 is 22.6 Å². The monoisotopic (exact) mass is 428 g/mol. The number of nitrogens with one attached hydrogen (secondary N) is 1. The highest BCUT2D eigenvalue weighted by Crippen LogP contribution is 2.33. The first kappa shape index (κ1) is 16.0. The van der Waals surface area contributed by atoms with Crippen LogP contribution < -0.4 is 5.32 Å². The van der Waals surface area contributed by atoms with E-state index in [9.17, 15) is 13.2 Å². The Morgan fingerprint density at radius 1 is 1.04 bits per heavy atom. The Hall–Kier alpha value is -1.83. The molecule has 0 unspecified atom stereocenters. The van der Waals surface area contributed by atoms with Gasteiger partial charge < -0.3 is 5.32 Å². The quantitative estimate of drug-likeness (QED) is 0.514. The first-order valence-electron chi connectivity index (χ1n) is 6.84. The normalized spacial score (nSPS) is 11.7. The SMILES string of the molecule is Cc1ccc2c(Nc3cccc(C(F)(F)F)c3)nccc2c1I. The molecule has 2 aromatic carbocycles. The standard InChI is InChI=1S/C17H12F3IN2/c1-10-5-6-14-13(15(10)21)7-8-22-16(14)23-12-4-2-3-11(9-12)17(18,19)20/h2-9H,1H3,(H,22,23). The Morgan fingerprint density at radius 3 is 2.57 bits per heavy atom. The van der Waals surface area contributed by atoms with E-state index < -0.39 is 11.7 Å². The first-order valence-corrected chi connectivity index (χ1v) is 7.92. The number of halogens is 4. The first-order chi connectivity index (χ1) is 10.9. The second-order valence-corrected chi connectivity index (χ2v) is 6.23. The van der Waals surface area contributed by atoms with E-state index in [2.05, 4.69) is 32.9 Å². The molecule has 0 radical (unpaired) electrons. The van der Waals surface area contributed by atoms with E-state index in [4.69, 9.17) is 0 Å². The van der Waals surface area contributed by atoms with Crippen molar-refractivity contribution in [2.24, 2.45) is 0 Å². The molecule has 0 aliphatic carbocycles. The van der Waals surface area contributed by atoms with Crippen LogP contribution in [0.2, 0.25) is 0 Å². The second-order valence-electron chi connectivity index (χ2n) is 5.15. The molecule has 0 bridgehead atoms. The number of benzene rings is 2. The Morgan fingerprint density at radius 2 is 1.83 bits per heavy atom. The van der Waals surface area contributed by atoms with Gasteiger partial charge in [-0.15, -0.1) is 0 Å².